The minimum absolute atomic E-state index is 0.232. The summed E-state index contributed by atoms with van der Waals surface area (Å²) in [6, 6.07) is 3.40. The Morgan fingerprint density at radius 2 is 2.33 bits per heavy atom. The monoisotopic (exact) mass is 226 g/mol. The maximum absolute atomic E-state index is 10.4. The van der Waals surface area contributed by atoms with E-state index in [4.69, 9.17) is 0 Å². The van der Waals surface area contributed by atoms with E-state index in [-0.39, 0.29) is 9.92 Å². The first-order chi connectivity index (χ1) is 7.25. The molecule has 0 bridgehead atoms. The van der Waals surface area contributed by atoms with Gasteiger partial charge in [-0.1, -0.05) is 17.8 Å². The molecule has 5 heteroatoms. The molecule has 0 amide bonds. The number of nitro groups is 1. The zero-order valence-electron chi connectivity index (χ0n) is 8.44. The Morgan fingerprint density at radius 1 is 1.53 bits per heavy atom. The van der Waals surface area contributed by atoms with Crippen molar-refractivity contribution in [1.82, 2.24) is 5.32 Å². The van der Waals surface area contributed by atoms with Crippen molar-refractivity contribution in [3.63, 3.8) is 0 Å². The van der Waals surface area contributed by atoms with Crippen LogP contribution in [-0.2, 0) is 6.54 Å². The van der Waals surface area contributed by atoms with Gasteiger partial charge in [-0.3, -0.25) is 10.1 Å². The summed E-state index contributed by atoms with van der Waals surface area (Å²) in [5, 5.41) is 14.0. The number of nitrogens with one attached hydrogen (secondary N) is 1. The highest BCUT2D eigenvalue weighted by Gasteiger charge is 2.16. The standard InChI is InChI=1S/C10H14N2O2S/c13-12(14)10-5-4-9(15-10)7-11-6-8-2-1-3-8/h4-5,8,11H,1-3,6-7H2. The van der Waals surface area contributed by atoms with Gasteiger partial charge in [0.15, 0.2) is 0 Å². The minimum atomic E-state index is -0.333. The molecule has 1 aromatic heterocycles. The molecule has 0 unspecified atom stereocenters. The Hall–Kier alpha value is -0.940. The molecule has 82 valence electrons. The first-order valence-corrected chi connectivity index (χ1v) is 6.01. The van der Waals surface area contributed by atoms with Gasteiger partial charge in [-0.25, -0.2) is 0 Å². The molecule has 1 saturated carbocycles. The molecular formula is C10H14N2O2S. The lowest BCUT2D eigenvalue weighted by Gasteiger charge is -2.25. The fourth-order valence-electron chi connectivity index (χ4n) is 1.66. The van der Waals surface area contributed by atoms with Gasteiger partial charge in [-0.2, -0.15) is 0 Å². The fraction of sp³-hybridized carbons (Fsp3) is 0.600. The number of hydrogen-bond donors (Lipinski definition) is 1. The Labute approximate surface area is 92.5 Å². The average molecular weight is 226 g/mol. The van der Waals surface area contributed by atoms with Crippen LogP contribution in [0.3, 0.4) is 0 Å². The SMILES string of the molecule is O=[N+]([O-])c1ccc(CNCC2CCC2)s1. The largest absolute Gasteiger partial charge is 0.324 e. The summed E-state index contributed by atoms with van der Waals surface area (Å²) < 4.78 is 0. The van der Waals surface area contributed by atoms with E-state index in [0.717, 1.165) is 23.9 Å². The second kappa shape index (κ2) is 4.72. The highest BCUT2D eigenvalue weighted by molar-refractivity contribution is 7.15. The van der Waals surface area contributed by atoms with Crippen molar-refractivity contribution in [3.05, 3.63) is 27.1 Å². The summed E-state index contributed by atoms with van der Waals surface area (Å²) in [6.45, 7) is 1.81. The van der Waals surface area contributed by atoms with Crippen molar-refractivity contribution in [2.24, 2.45) is 5.92 Å². The van der Waals surface area contributed by atoms with Crippen molar-refractivity contribution in [3.8, 4) is 0 Å². The third kappa shape index (κ3) is 2.76. The van der Waals surface area contributed by atoms with Crippen LogP contribution in [0.1, 0.15) is 24.1 Å². The lowest BCUT2D eigenvalue weighted by molar-refractivity contribution is -0.380. The third-order valence-corrected chi connectivity index (χ3v) is 3.82. The maximum Gasteiger partial charge on any atom is 0.324 e. The van der Waals surface area contributed by atoms with Crippen molar-refractivity contribution in [2.75, 3.05) is 6.54 Å². The van der Waals surface area contributed by atoms with E-state index in [9.17, 15) is 10.1 Å². The van der Waals surface area contributed by atoms with E-state index in [1.165, 1.54) is 30.6 Å². The molecule has 1 heterocycles. The Balaban J connectivity index is 1.75. The summed E-state index contributed by atoms with van der Waals surface area (Å²) in [4.78, 5) is 11.2. The van der Waals surface area contributed by atoms with Crippen LogP contribution in [0.5, 0.6) is 0 Å². The Morgan fingerprint density at radius 3 is 2.87 bits per heavy atom. The second-order valence-corrected chi connectivity index (χ2v) is 5.07. The molecule has 0 aromatic carbocycles. The van der Waals surface area contributed by atoms with Crippen molar-refractivity contribution >= 4 is 16.3 Å². The van der Waals surface area contributed by atoms with Crippen molar-refractivity contribution in [2.45, 2.75) is 25.8 Å². The number of thiophene rings is 1. The summed E-state index contributed by atoms with van der Waals surface area (Å²) in [7, 11) is 0. The molecule has 0 spiro atoms. The lowest BCUT2D eigenvalue weighted by atomic mass is 9.85. The molecular weight excluding hydrogens is 212 g/mol. The third-order valence-electron chi connectivity index (χ3n) is 2.78. The topological polar surface area (TPSA) is 55.2 Å². The normalized spacial score (nSPS) is 16.3. The predicted octanol–water partition coefficient (Wildman–Crippen LogP) is 2.55. The molecule has 1 N–H and O–H groups in total. The van der Waals surface area contributed by atoms with Gasteiger partial charge in [0.2, 0.25) is 0 Å². The van der Waals surface area contributed by atoms with Gasteiger partial charge in [-0.15, -0.1) is 0 Å². The summed E-state index contributed by atoms with van der Waals surface area (Å²) in [5.41, 5.74) is 0. The number of rotatable bonds is 5. The molecule has 1 fully saturated rings. The Bertz CT molecular complexity index is 347. The van der Waals surface area contributed by atoms with Crippen molar-refractivity contribution in [1.29, 1.82) is 0 Å². The first-order valence-electron chi connectivity index (χ1n) is 5.19. The molecule has 2 rings (SSSR count). The predicted molar refractivity (Wildman–Crippen MR) is 60.0 cm³/mol. The summed E-state index contributed by atoms with van der Waals surface area (Å²) >= 11 is 1.26. The number of hydrogen-bond acceptors (Lipinski definition) is 4. The zero-order valence-corrected chi connectivity index (χ0v) is 9.26. The van der Waals surface area contributed by atoms with E-state index in [1.807, 2.05) is 6.07 Å². The van der Waals surface area contributed by atoms with E-state index >= 15 is 0 Å². The molecule has 4 nitrogen and oxygen atoms in total. The van der Waals surface area contributed by atoms with Crippen LogP contribution in [0.25, 0.3) is 0 Å². The van der Waals surface area contributed by atoms with Crippen LogP contribution in [0.2, 0.25) is 0 Å². The summed E-state index contributed by atoms with van der Waals surface area (Å²) in [6.07, 6.45) is 4.02. The maximum atomic E-state index is 10.4. The summed E-state index contributed by atoms with van der Waals surface area (Å²) in [5.74, 6) is 0.833. The minimum Gasteiger partial charge on any atom is -0.312 e. The smallest absolute Gasteiger partial charge is 0.312 e. The Kier molecular flexibility index (Phi) is 3.33. The van der Waals surface area contributed by atoms with E-state index in [2.05, 4.69) is 5.32 Å². The average Bonchev–Trinajstić information content (AvgIpc) is 2.57. The molecule has 0 radical (unpaired) electrons. The van der Waals surface area contributed by atoms with Gasteiger partial charge in [0.1, 0.15) is 0 Å². The number of nitrogens with zero attached hydrogens (tertiary/aromatic N) is 1. The van der Waals surface area contributed by atoms with Gasteiger partial charge >= 0.3 is 5.00 Å². The van der Waals surface area contributed by atoms with Crippen LogP contribution in [0.15, 0.2) is 12.1 Å². The van der Waals surface area contributed by atoms with E-state index in [0.29, 0.717) is 0 Å². The quantitative estimate of drug-likeness (QED) is 0.620. The van der Waals surface area contributed by atoms with Gasteiger partial charge < -0.3 is 5.32 Å². The van der Waals surface area contributed by atoms with Crippen LogP contribution in [0.4, 0.5) is 5.00 Å². The van der Waals surface area contributed by atoms with Crippen LogP contribution >= 0.6 is 11.3 Å². The van der Waals surface area contributed by atoms with Gasteiger partial charge in [0, 0.05) is 17.5 Å². The molecule has 0 atom stereocenters. The lowest BCUT2D eigenvalue weighted by Crippen LogP contribution is -2.26. The van der Waals surface area contributed by atoms with Gasteiger partial charge in [-0.05, 0) is 31.4 Å². The highest BCUT2D eigenvalue weighted by atomic mass is 32.1. The zero-order chi connectivity index (χ0) is 10.7. The first kappa shape index (κ1) is 10.6. The second-order valence-electron chi connectivity index (χ2n) is 3.92. The van der Waals surface area contributed by atoms with Crippen molar-refractivity contribution < 1.29 is 4.92 Å². The van der Waals surface area contributed by atoms with Crippen LogP contribution in [0, 0.1) is 16.0 Å². The molecule has 1 aliphatic carbocycles. The van der Waals surface area contributed by atoms with Crippen LogP contribution in [-0.4, -0.2) is 11.5 Å². The molecule has 1 aliphatic rings. The van der Waals surface area contributed by atoms with Gasteiger partial charge in [0.05, 0.1) is 4.92 Å². The van der Waals surface area contributed by atoms with E-state index in [1.54, 1.807) is 6.07 Å². The molecule has 15 heavy (non-hydrogen) atoms. The highest BCUT2D eigenvalue weighted by Crippen LogP contribution is 2.26. The molecule has 0 aliphatic heterocycles. The van der Waals surface area contributed by atoms with Gasteiger partial charge in [0.25, 0.3) is 0 Å². The fourth-order valence-corrected chi connectivity index (χ4v) is 2.45. The molecule has 0 saturated heterocycles. The molecule has 1 aromatic rings. The van der Waals surface area contributed by atoms with E-state index < -0.39 is 0 Å². The van der Waals surface area contributed by atoms with Crippen LogP contribution < -0.4 is 5.32 Å².